The first-order valence-electron chi connectivity index (χ1n) is 5.35. The Hall–Kier alpha value is -0.340. The zero-order chi connectivity index (χ0) is 11.4. The predicted octanol–water partition coefficient (Wildman–Crippen LogP) is 4.25. The van der Waals surface area contributed by atoms with E-state index in [1.54, 1.807) is 0 Å². The zero-order valence-electron chi connectivity index (χ0n) is 9.35. The topological polar surface area (TPSA) is 25.8 Å². The summed E-state index contributed by atoms with van der Waals surface area (Å²) in [4.78, 5) is 8.63. The molecular weight excluding hydrogens is 231 g/mol. The van der Waals surface area contributed by atoms with Gasteiger partial charge < -0.3 is 0 Å². The summed E-state index contributed by atoms with van der Waals surface area (Å²) in [5, 5.41) is 0.999. The van der Waals surface area contributed by atoms with Crippen molar-refractivity contribution < 1.29 is 0 Å². The molecule has 1 heterocycles. The lowest BCUT2D eigenvalue weighted by molar-refractivity contribution is 0.600. The highest BCUT2D eigenvalue weighted by atomic mass is 35.5. The van der Waals surface area contributed by atoms with Crippen molar-refractivity contribution in [2.45, 2.75) is 46.0 Å². The lowest BCUT2D eigenvalue weighted by Gasteiger charge is -2.12. The Morgan fingerprint density at radius 3 is 1.80 bits per heavy atom. The fourth-order valence-electron chi connectivity index (χ4n) is 1.57. The molecule has 0 aliphatic heterocycles. The zero-order valence-corrected chi connectivity index (χ0v) is 10.9. The van der Waals surface area contributed by atoms with Gasteiger partial charge in [0.05, 0.1) is 0 Å². The van der Waals surface area contributed by atoms with Crippen molar-refractivity contribution in [1.29, 1.82) is 0 Å². The first-order valence-corrected chi connectivity index (χ1v) is 6.11. The van der Waals surface area contributed by atoms with Crippen molar-refractivity contribution in [3.8, 4) is 0 Å². The molecule has 0 amide bonds. The molecule has 4 heteroatoms. The van der Waals surface area contributed by atoms with E-state index in [4.69, 9.17) is 23.2 Å². The molecule has 0 spiro atoms. The number of hydrogen-bond donors (Lipinski definition) is 0. The van der Waals surface area contributed by atoms with Crippen LogP contribution in [-0.4, -0.2) is 9.97 Å². The van der Waals surface area contributed by atoms with E-state index in [-0.39, 0.29) is 0 Å². The van der Waals surface area contributed by atoms with Crippen molar-refractivity contribution in [3.63, 3.8) is 0 Å². The molecule has 84 valence electrons. The van der Waals surface area contributed by atoms with E-state index >= 15 is 0 Å². The maximum absolute atomic E-state index is 6.06. The number of nitrogens with zero attached hydrogens (tertiary/aromatic N) is 2. The largest absolute Gasteiger partial charge is 0.221 e. The highest BCUT2D eigenvalue weighted by molar-refractivity contribution is 6.34. The van der Waals surface area contributed by atoms with Gasteiger partial charge in [0.1, 0.15) is 16.1 Å². The quantitative estimate of drug-likeness (QED) is 0.743. The van der Waals surface area contributed by atoms with Crippen LogP contribution in [0.3, 0.4) is 0 Å². The van der Waals surface area contributed by atoms with Gasteiger partial charge in [-0.1, -0.05) is 44.0 Å². The van der Waals surface area contributed by atoms with E-state index in [9.17, 15) is 0 Å². The minimum atomic E-state index is 0.353. The first kappa shape index (κ1) is 12.7. The summed E-state index contributed by atoms with van der Waals surface area (Å²) in [5.74, 6) is 1.12. The Morgan fingerprint density at radius 2 is 1.47 bits per heavy atom. The van der Waals surface area contributed by atoms with Gasteiger partial charge in [-0.3, -0.25) is 0 Å². The molecule has 15 heavy (non-hydrogen) atoms. The monoisotopic (exact) mass is 246 g/mol. The van der Waals surface area contributed by atoms with Crippen LogP contribution in [0, 0.1) is 0 Å². The van der Waals surface area contributed by atoms with Crippen LogP contribution in [0.25, 0.3) is 0 Å². The first-order chi connectivity index (χ1) is 7.13. The van der Waals surface area contributed by atoms with Gasteiger partial charge in [-0.2, -0.15) is 0 Å². The van der Waals surface area contributed by atoms with Crippen LogP contribution in [0.5, 0.6) is 0 Å². The summed E-state index contributed by atoms with van der Waals surface area (Å²) in [6.45, 7) is 6.23. The molecule has 0 saturated carbocycles. The summed E-state index contributed by atoms with van der Waals surface area (Å²) >= 11 is 12.1. The number of aromatic nitrogens is 2. The molecule has 1 aromatic rings. The number of rotatable bonds is 4. The molecule has 0 aromatic carbocycles. The van der Waals surface area contributed by atoms with Crippen molar-refractivity contribution in [3.05, 3.63) is 21.7 Å². The van der Waals surface area contributed by atoms with E-state index in [0.29, 0.717) is 16.2 Å². The average molecular weight is 247 g/mol. The van der Waals surface area contributed by atoms with Gasteiger partial charge in [0, 0.05) is 11.5 Å². The normalized spacial score (nSPS) is 11.1. The lowest BCUT2D eigenvalue weighted by atomic mass is 10.0. The second-order valence-corrected chi connectivity index (χ2v) is 4.22. The summed E-state index contributed by atoms with van der Waals surface area (Å²) in [7, 11) is 0. The minimum absolute atomic E-state index is 0.353. The van der Waals surface area contributed by atoms with E-state index in [1.165, 1.54) is 0 Å². The lowest BCUT2D eigenvalue weighted by Crippen LogP contribution is -2.05. The smallest absolute Gasteiger partial charge is 0.137 e. The van der Waals surface area contributed by atoms with Crippen LogP contribution in [0.1, 0.15) is 50.9 Å². The van der Waals surface area contributed by atoms with Gasteiger partial charge in [0.25, 0.3) is 0 Å². The van der Waals surface area contributed by atoms with Crippen LogP contribution in [0.4, 0.5) is 0 Å². The van der Waals surface area contributed by atoms with E-state index in [2.05, 4.69) is 23.8 Å². The molecule has 0 aliphatic rings. The molecule has 1 rings (SSSR count). The molecule has 0 N–H and O–H groups in total. The van der Waals surface area contributed by atoms with Crippen LogP contribution in [0.2, 0.25) is 10.3 Å². The molecule has 0 unspecified atom stereocenters. The van der Waals surface area contributed by atoms with Crippen LogP contribution >= 0.6 is 23.2 Å². The molecule has 0 fully saturated rings. The van der Waals surface area contributed by atoms with Crippen molar-refractivity contribution >= 4 is 23.2 Å². The number of halogens is 2. The van der Waals surface area contributed by atoms with Crippen molar-refractivity contribution in [1.82, 2.24) is 9.97 Å². The van der Waals surface area contributed by atoms with Gasteiger partial charge >= 0.3 is 0 Å². The average Bonchev–Trinajstić information content (AvgIpc) is 2.19. The molecule has 0 saturated heterocycles. The Bertz CT molecular complexity index is 312. The maximum atomic E-state index is 6.06. The predicted molar refractivity (Wildman–Crippen MR) is 64.8 cm³/mol. The van der Waals surface area contributed by atoms with Crippen LogP contribution < -0.4 is 0 Å². The molecule has 0 radical (unpaired) electrons. The van der Waals surface area contributed by atoms with Gasteiger partial charge in [0.15, 0.2) is 0 Å². The summed E-state index contributed by atoms with van der Waals surface area (Å²) in [6, 6.07) is 0. The van der Waals surface area contributed by atoms with Crippen molar-refractivity contribution in [2.75, 3.05) is 0 Å². The number of hydrogen-bond acceptors (Lipinski definition) is 2. The molecular formula is C11H16Cl2N2. The molecule has 2 nitrogen and oxygen atoms in total. The molecule has 0 aliphatic carbocycles. The summed E-state index contributed by atoms with van der Waals surface area (Å²) in [6.07, 6.45) is 2.78. The van der Waals surface area contributed by atoms with Crippen molar-refractivity contribution in [2.24, 2.45) is 0 Å². The molecule has 0 bridgehead atoms. The highest BCUT2D eigenvalue weighted by Crippen LogP contribution is 2.26. The Balaban J connectivity index is 3.12. The fraction of sp³-hybridized carbons (Fsp3) is 0.636. The second kappa shape index (κ2) is 5.66. The van der Waals surface area contributed by atoms with Crippen LogP contribution in [0.15, 0.2) is 0 Å². The van der Waals surface area contributed by atoms with E-state index in [0.717, 1.165) is 30.7 Å². The highest BCUT2D eigenvalue weighted by Gasteiger charge is 2.15. The summed E-state index contributed by atoms with van der Waals surface area (Å²) < 4.78 is 0. The summed E-state index contributed by atoms with van der Waals surface area (Å²) in [5.41, 5.74) is 0.841. The SMILES string of the molecule is CCc1c(Cl)nc(C(CC)CC)nc1Cl. The minimum Gasteiger partial charge on any atom is -0.221 e. The van der Waals surface area contributed by atoms with Gasteiger partial charge in [-0.25, -0.2) is 9.97 Å². The van der Waals surface area contributed by atoms with Gasteiger partial charge in [0.2, 0.25) is 0 Å². The molecule has 1 aromatic heterocycles. The van der Waals surface area contributed by atoms with E-state index in [1.807, 2.05) is 6.92 Å². The molecule has 0 atom stereocenters. The van der Waals surface area contributed by atoms with Gasteiger partial charge in [-0.15, -0.1) is 0 Å². The third-order valence-corrected chi connectivity index (χ3v) is 3.25. The van der Waals surface area contributed by atoms with Gasteiger partial charge in [-0.05, 0) is 19.3 Å². The third kappa shape index (κ3) is 2.82. The Labute approximate surface area is 101 Å². The fourth-order valence-corrected chi connectivity index (χ4v) is 2.24. The van der Waals surface area contributed by atoms with E-state index < -0.39 is 0 Å². The van der Waals surface area contributed by atoms with Crippen LogP contribution in [-0.2, 0) is 6.42 Å². The Morgan fingerprint density at radius 1 is 1.00 bits per heavy atom. The maximum Gasteiger partial charge on any atom is 0.137 e. The second-order valence-electron chi connectivity index (χ2n) is 3.51. The third-order valence-electron chi connectivity index (χ3n) is 2.63. The Kier molecular flexibility index (Phi) is 4.81. The standard InChI is InChI=1S/C11H16Cl2N2/c1-4-7(5-2)11-14-9(12)8(6-3)10(13)15-11/h7H,4-6H2,1-3H3.